The second-order valence-electron chi connectivity index (χ2n) is 3.74. The maximum Gasteiger partial charge on any atom is 0.328 e. The molecule has 2 rings (SSSR count). The number of nitrogens with zero attached hydrogens (tertiary/aromatic N) is 2. The van der Waals surface area contributed by atoms with Crippen molar-refractivity contribution in [3.05, 3.63) is 30.0 Å². The van der Waals surface area contributed by atoms with Crippen molar-refractivity contribution in [3.63, 3.8) is 0 Å². The second kappa shape index (κ2) is 4.78. The van der Waals surface area contributed by atoms with Crippen LogP contribution in [-0.2, 0) is 9.59 Å². The Morgan fingerprint density at radius 2 is 2.29 bits per heavy atom. The van der Waals surface area contributed by atoms with Crippen LogP contribution in [0.2, 0.25) is 0 Å². The van der Waals surface area contributed by atoms with E-state index in [9.17, 15) is 9.59 Å². The number of anilines is 1. The fraction of sp³-hybridized carbons (Fsp3) is 0.250. The van der Waals surface area contributed by atoms with Crippen LogP contribution < -0.4 is 4.90 Å². The number of rotatable bonds is 3. The van der Waals surface area contributed by atoms with Gasteiger partial charge in [0, 0.05) is 19.0 Å². The number of carbonyl (C=O) groups excluding carboxylic acids is 1. The Labute approximate surface area is 98.4 Å². The molecular weight excluding hydrogens is 220 g/mol. The lowest BCUT2D eigenvalue weighted by Gasteiger charge is -2.14. The fourth-order valence-electron chi connectivity index (χ4n) is 1.73. The van der Waals surface area contributed by atoms with Gasteiger partial charge in [-0.15, -0.1) is 0 Å². The maximum absolute atomic E-state index is 11.5. The van der Waals surface area contributed by atoms with E-state index in [-0.39, 0.29) is 5.91 Å². The van der Waals surface area contributed by atoms with Crippen LogP contribution in [0.4, 0.5) is 5.82 Å². The molecule has 1 N–H and O–H groups in total. The maximum atomic E-state index is 11.5. The molecule has 17 heavy (non-hydrogen) atoms. The molecule has 0 radical (unpaired) electrons. The molecule has 0 atom stereocenters. The number of aromatic nitrogens is 1. The predicted octanol–water partition coefficient (Wildman–Crippen LogP) is 1.31. The Balaban J connectivity index is 2.22. The molecule has 0 spiro atoms. The highest BCUT2D eigenvalue weighted by atomic mass is 16.4. The number of pyridine rings is 1. The molecule has 2 heterocycles. The molecule has 1 aromatic rings. The van der Waals surface area contributed by atoms with Gasteiger partial charge in [-0.1, -0.05) is 6.07 Å². The van der Waals surface area contributed by atoms with E-state index >= 15 is 0 Å². The molecule has 1 saturated heterocycles. The summed E-state index contributed by atoms with van der Waals surface area (Å²) in [6, 6.07) is 5.21. The van der Waals surface area contributed by atoms with Crippen molar-refractivity contribution in [1.29, 1.82) is 0 Å². The van der Waals surface area contributed by atoms with Gasteiger partial charge < -0.3 is 5.11 Å². The summed E-state index contributed by atoms with van der Waals surface area (Å²) in [4.78, 5) is 27.8. The number of amides is 1. The van der Waals surface area contributed by atoms with Gasteiger partial charge in [-0.3, -0.25) is 9.69 Å². The Bertz CT molecular complexity index is 482. The largest absolute Gasteiger partial charge is 0.478 e. The molecule has 0 unspecified atom stereocenters. The Hall–Kier alpha value is -2.17. The molecule has 1 amide bonds. The third-order valence-electron chi connectivity index (χ3n) is 2.50. The first kappa shape index (κ1) is 11.3. The first-order valence-corrected chi connectivity index (χ1v) is 5.35. The third-order valence-corrected chi connectivity index (χ3v) is 2.50. The fourth-order valence-corrected chi connectivity index (χ4v) is 1.73. The van der Waals surface area contributed by atoms with Gasteiger partial charge in [-0.2, -0.15) is 0 Å². The van der Waals surface area contributed by atoms with Gasteiger partial charge >= 0.3 is 5.97 Å². The highest BCUT2D eigenvalue weighted by Gasteiger charge is 2.22. The normalized spacial score (nSPS) is 15.8. The summed E-state index contributed by atoms with van der Waals surface area (Å²) in [5.74, 6) is -0.369. The minimum absolute atomic E-state index is 0.0665. The van der Waals surface area contributed by atoms with Crippen molar-refractivity contribution in [2.24, 2.45) is 0 Å². The zero-order valence-corrected chi connectivity index (χ0v) is 9.17. The van der Waals surface area contributed by atoms with Crippen molar-refractivity contribution >= 4 is 23.8 Å². The molecule has 0 bridgehead atoms. The van der Waals surface area contributed by atoms with Crippen LogP contribution in [-0.4, -0.2) is 28.5 Å². The monoisotopic (exact) mass is 232 g/mol. The lowest BCUT2D eigenvalue weighted by Crippen LogP contribution is -2.24. The second-order valence-corrected chi connectivity index (χ2v) is 3.74. The number of carboxylic acids is 1. The lowest BCUT2D eigenvalue weighted by molar-refractivity contribution is -0.131. The zero-order valence-electron chi connectivity index (χ0n) is 9.17. The molecular formula is C12H12N2O3. The molecule has 1 aromatic heterocycles. The van der Waals surface area contributed by atoms with E-state index in [1.807, 2.05) is 0 Å². The number of aliphatic carboxylic acids is 1. The average Bonchev–Trinajstić information content (AvgIpc) is 2.73. The van der Waals surface area contributed by atoms with E-state index in [2.05, 4.69) is 4.98 Å². The Morgan fingerprint density at radius 3 is 2.94 bits per heavy atom. The Kier molecular flexibility index (Phi) is 3.18. The van der Waals surface area contributed by atoms with Gasteiger partial charge in [0.25, 0.3) is 0 Å². The molecule has 0 aliphatic carbocycles. The summed E-state index contributed by atoms with van der Waals surface area (Å²) in [5, 5.41) is 8.52. The van der Waals surface area contributed by atoms with E-state index in [1.165, 1.54) is 6.08 Å². The van der Waals surface area contributed by atoms with Gasteiger partial charge in [0.1, 0.15) is 5.82 Å². The lowest BCUT2D eigenvalue weighted by atomic mass is 10.3. The molecule has 1 aliphatic rings. The molecule has 5 nitrogen and oxygen atoms in total. The minimum atomic E-state index is -1.02. The van der Waals surface area contributed by atoms with Crippen LogP contribution in [0.5, 0.6) is 0 Å². The van der Waals surface area contributed by atoms with E-state index in [0.717, 1.165) is 12.5 Å². The van der Waals surface area contributed by atoms with Crippen LogP contribution in [0.3, 0.4) is 0 Å². The summed E-state index contributed by atoms with van der Waals surface area (Å²) in [6.45, 7) is 0.679. The third kappa shape index (κ3) is 2.69. The molecule has 0 saturated carbocycles. The molecule has 1 aliphatic heterocycles. The predicted molar refractivity (Wildman–Crippen MR) is 62.5 cm³/mol. The van der Waals surface area contributed by atoms with E-state index in [1.54, 1.807) is 23.1 Å². The molecule has 0 aromatic carbocycles. The highest BCUT2D eigenvalue weighted by molar-refractivity contribution is 5.94. The summed E-state index contributed by atoms with van der Waals surface area (Å²) in [5.41, 5.74) is 0.532. The van der Waals surface area contributed by atoms with Crippen molar-refractivity contribution in [2.75, 3.05) is 11.4 Å². The highest BCUT2D eigenvalue weighted by Crippen LogP contribution is 2.19. The van der Waals surface area contributed by atoms with Gasteiger partial charge in [0.2, 0.25) is 5.91 Å². The summed E-state index contributed by atoms with van der Waals surface area (Å²) >= 11 is 0. The quantitative estimate of drug-likeness (QED) is 0.797. The van der Waals surface area contributed by atoms with E-state index in [4.69, 9.17) is 5.11 Å². The van der Waals surface area contributed by atoms with Crippen LogP contribution in [0, 0.1) is 0 Å². The standard InChI is InChI=1S/C12H12N2O3/c15-11-5-2-8-14(11)10-4-1-3-9(13-10)6-7-12(16)17/h1,3-4,6-7H,2,5,8H2,(H,16,17)/b7-6+. The van der Waals surface area contributed by atoms with Crippen molar-refractivity contribution in [3.8, 4) is 0 Å². The number of carboxylic acid groups (broad SMARTS) is 1. The average molecular weight is 232 g/mol. The summed E-state index contributed by atoms with van der Waals surface area (Å²) in [7, 11) is 0. The van der Waals surface area contributed by atoms with Crippen molar-refractivity contribution in [2.45, 2.75) is 12.8 Å². The van der Waals surface area contributed by atoms with Crippen molar-refractivity contribution < 1.29 is 14.7 Å². The summed E-state index contributed by atoms with van der Waals surface area (Å²) < 4.78 is 0. The molecule has 88 valence electrons. The van der Waals surface area contributed by atoms with Gasteiger partial charge in [-0.05, 0) is 24.6 Å². The summed E-state index contributed by atoms with van der Waals surface area (Å²) in [6.07, 6.45) is 3.83. The first-order chi connectivity index (χ1) is 8.16. The van der Waals surface area contributed by atoms with Crippen LogP contribution in [0.15, 0.2) is 24.3 Å². The topological polar surface area (TPSA) is 70.5 Å². The van der Waals surface area contributed by atoms with E-state index in [0.29, 0.717) is 24.5 Å². The van der Waals surface area contributed by atoms with Gasteiger partial charge in [-0.25, -0.2) is 9.78 Å². The van der Waals surface area contributed by atoms with Crippen LogP contribution >= 0.6 is 0 Å². The molecule has 1 fully saturated rings. The van der Waals surface area contributed by atoms with Crippen LogP contribution in [0.25, 0.3) is 6.08 Å². The SMILES string of the molecule is O=C(O)/C=C/c1cccc(N2CCCC2=O)n1. The number of hydrogen-bond acceptors (Lipinski definition) is 3. The smallest absolute Gasteiger partial charge is 0.328 e. The minimum Gasteiger partial charge on any atom is -0.478 e. The van der Waals surface area contributed by atoms with Crippen LogP contribution in [0.1, 0.15) is 18.5 Å². The first-order valence-electron chi connectivity index (χ1n) is 5.35. The van der Waals surface area contributed by atoms with Crippen molar-refractivity contribution in [1.82, 2.24) is 4.98 Å². The zero-order chi connectivity index (χ0) is 12.3. The van der Waals surface area contributed by atoms with Gasteiger partial charge in [0.15, 0.2) is 0 Å². The van der Waals surface area contributed by atoms with E-state index < -0.39 is 5.97 Å². The number of carbonyl (C=O) groups is 2. The van der Waals surface area contributed by atoms with Gasteiger partial charge in [0.05, 0.1) is 5.69 Å². The Morgan fingerprint density at radius 1 is 1.47 bits per heavy atom. The number of hydrogen-bond donors (Lipinski definition) is 1. The molecule has 5 heteroatoms.